The Labute approximate surface area is 128 Å². The molecule has 0 saturated heterocycles. The van der Waals surface area contributed by atoms with Gasteiger partial charge in [-0.2, -0.15) is 0 Å². The largest absolute Gasteiger partial charge is 0.497 e. The van der Waals surface area contributed by atoms with Crippen molar-refractivity contribution in [3.8, 4) is 5.75 Å². The van der Waals surface area contributed by atoms with Gasteiger partial charge in [-0.15, -0.1) is 0 Å². The van der Waals surface area contributed by atoms with Gasteiger partial charge in [0.05, 0.1) is 19.3 Å². The lowest BCUT2D eigenvalue weighted by Gasteiger charge is -2.40. The van der Waals surface area contributed by atoms with Crippen molar-refractivity contribution >= 4 is 0 Å². The normalized spacial score (nSPS) is 26.3. The Hall–Kier alpha value is -1.06. The molecule has 3 atom stereocenters. The van der Waals surface area contributed by atoms with Crippen LogP contribution >= 0.6 is 0 Å². The molecule has 0 amide bonds. The minimum atomic E-state index is -0.0259. The monoisotopic (exact) mass is 291 g/mol. The van der Waals surface area contributed by atoms with E-state index in [-0.39, 0.29) is 6.10 Å². The van der Waals surface area contributed by atoms with Crippen LogP contribution in [0.3, 0.4) is 0 Å². The highest BCUT2D eigenvalue weighted by Gasteiger charge is 2.33. The summed E-state index contributed by atoms with van der Waals surface area (Å²) in [7, 11) is 1.68. The van der Waals surface area contributed by atoms with Crippen molar-refractivity contribution < 1.29 is 9.47 Å². The Morgan fingerprint density at radius 2 is 1.90 bits per heavy atom. The molecule has 1 aromatic rings. The second kappa shape index (κ2) is 6.80. The molecular weight excluding hydrogens is 262 g/mol. The van der Waals surface area contributed by atoms with E-state index in [9.17, 15) is 0 Å². The SMILES string of the molecule is COc1ccc(C(CN)OC2CC(C)CC(C)(C)C2)cc1. The molecule has 1 fully saturated rings. The minimum absolute atomic E-state index is 0.0259. The molecule has 0 radical (unpaired) electrons. The van der Waals surface area contributed by atoms with Crippen LogP contribution in [0.5, 0.6) is 5.75 Å². The zero-order valence-electron chi connectivity index (χ0n) is 13.8. The minimum Gasteiger partial charge on any atom is -0.497 e. The zero-order chi connectivity index (χ0) is 15.5. The Morgan fingerprint density at radius 3 is 2.43 bits per heavy atom. The highest BCUT2D eigenvalue weighted by molar-refractivity contribution is 5.28. The fraction of sp³-hybridized carbons (Fsp3) is 0.667. The quantitative estimate of drug-likeness (QED) is 0.894. The van der Waals surface area contributed by atoms with E-state index in [2.05, 4.69) is 20.8 Å². The van der Waals surface area contributed by atoms with Crippen LogP contribution in [0.4, 0.5) is 0 Å². The van der Waals surface area contributed by atoms with E-state index in [1.54, 1.807) is 7.11 Å². The van der Waals surface area contributed by atoms with Crippen molar-refractivity contribution in [1.29, 1.82) is 0 Å². The van der Waals surface area contributed by atoms with Gasteiger partial charge >= 0.3 is 0 Å². The average molecular weight is 291 g/mol. The molecule has 0 bridgehead atoms. The molecule has 3 unspecified atom stereocenters. The van der Waals surface area contributed by atoms with Gasteiger partial charge in [0.25, 0.3) is 0 Å². The molecule has 21 heavy (non-hydrogen) atoms. The molecule has 2 rings (SSSR count). The summed E-state index contributed by atoms with van der Waals surface area (Å²) in [4.78, 5) is 0. The van der Waals surface area contributed by atoms with Gasteiger partial charge in [0.1, 0.15) is 5.75 Å². The summed E-state index contributed by atoms with van der Waals surface area (Å²) >= 11 is 0. The number of nitrogens with two attached hydrogens (primary N) is 1. The lowest BCUT2D eigenvalue weighted by molar-refractivity contribution is -0.0635. The maximum atomic E-state index is 6.34. The Kier molecular flexibility index (Phi) is 5.28. The van der Waals surface area contributed by atoms with Crippen LogP contribution in [0.15, 0.2) is 24.3 Å². The molecule has 1 saturated carbocycles. The standard InChI is InChI=1S/C18H29NO2/c1-13-9-16(11-18(2,3)10-13)21-17(12-19)14-5-7-15(20-4)8-6-14/h5-8,13,16-17H,9-12,19H2,1-4H3. The van der Waals surface area contributed by atoms with E-state index in [4.69, 9.17) is 15.2 Å². The highest BCUT2D eigenvalue weighted by Crippen LogP contribution is 2.41. The van der Waals surface area contributed by atoms with Gasteiger partial charge in [-0.3, -0.25) is 0 Å². The fourth-order valence-corrected chi connectivity index (χ4v) is 3.68. The van der Waals surface area contributed by atoms with Crippen LogP contribution in [0.25, 0.3) is 0 Å². The molecule has 1 aromatic carbocycles. The van der Waals surface area contributed by atoms with Crippen molar-refractivity contribution in [2.24, 2.45) is 17.1 Å². The average Bonchev–Trinajstić information content (AvgIpc) is 2.43. The molecule has 0 aromatic heterocycles. The van der Waals surface area contributed by atoms with E-state index in [1.807, 2.05) is 24.3 Å². The van der Waals surface area contributed by atoms with Gasteiger partial charge in [-0.25, -0.2) is 0 Å². The van der Waals surface area contributed by atoms with E-state index in [1.165, 1.54) is 6.42 Å². The Bertz CT molecular complexity index is 441. The molecule has 1 aliphatic carbocycles. The van der Waals surface area contributed by atoms with Crippen LogP contribution in [-0.2, 0) is 4.74 Å². The van der Waals surface area contributed by atoms with Crippen LogP contribution in [0, 0.1) is 11.3 Å². The van der Waals surface area contributed by atoms with E-state index in [0.717, 1.165) is 24.2 Å². The Balaban J connectivity index is 2.04. The molecule has 0 aliphatic heterocycles. The molecule has 0 heterocycles. The fourth-order valence-electron chi connectivity index (χ4n) is 3.68. The third-order valence-electron chi connectivity index (χ3n) is 4.40. The second-order valence-corrected chi connectivity index (χ2v) is 7.17. The zero-order valence-corrected chi connectivity index (χ0v) is 13.8. The van der Waals surface area contributed by atoms with Gasteiger partial charge in [0.15, 0.2) is 0 Å². The number of ether oxygens (including phenoxy) is 2. The third kappa shape index (κ3) is 4.45. The van der Waals surface area contributed by atoms with Crippen molar-refractivity contribution in [2.45, 2.75) is 52.2 Å². The first-order valence-corrected chi connectivity index (χ1v) is 7.93. The lowest BCUT2D eigenvalue weighted by atomic mass is 9.71. The molecule has 2 N–H and O–H groups in total. The maximum absolute atomic E-state index is 6.34. The predicted molar refractivity (Wildman–Crippen MR) is 86.5 cm³/mol. The predicted octanol–water partition coefficient (Wildman–Crippen LogP) is 3.93. The molecule has 3 heteroatoms. The number of methoxy groups -OCH3 is 1. The second-order valence-electron chi connectivity index (χ2n) is 7.17. The first-order valence-electron chi connectivity index (χ1n) is 7.93. The van der Waals surface area contributed by atoms with Crippen LogP contribution < -0.4 is 10.5 Å². The summed E-state index contributed by atoms with van der Waals surface area (Å²) < 4.78 is 11.5. The van der Waals surface area contributed by atoms with Gasteiger partial charge in [0.2, 0.25) is 0 Å². The van der Waals surface area contributed by atoms with Crippen LogP contribution in [-0.4, -0.2) is 19.8 Å². The van der Waals surface area contributed by atoms with Gasteiger partial charge in [-0.05, 0) is 48.3 Å². The topological polar surface area (TPSA) is 44.5 Å². The molecule has 3 nitrogen and oxygen atoms in total. The highest BCUT2D eigenvalue weighted by atomic mass is 16.5. The summed E-state index contributed by atoms with van der Waals surface area (Å²) in [5.74, 6) is 1.58. The smallest absolute Gasteiger partial charge is 0.118 e. The van der Waals surface area contributed by atoms with Crippen molar-refractivity contribution in [3.63, 3.8) is 0 Å². The lowest BCUT2D eigenvalue weighted by Crippen LogP contribution is -2.34. The van der Waals surface area contributed by atoms with E-state index < -0.39 is 0 Å². The van der Waals surface area contributed by atoms with Crippen LogP contribution in [0.2, 0.25) is 0 Å². The molecule has 1 aliphatic rings. The third-order valence-corrected chi connectivity index (χ3v) is 4.40. The summed E-state index contributed by atoms with van der Waals surface area (Å²) in [5, 5.41) is 0. The van der Waals surface area contributed by atoms with Crippen molar-refractivity contribution in [3.05, 3.63) is 29.8 Å². The van der Waals surface area contributed by atoms with Crippen molar-refractivity contribution in [2.75, 3.05) is 13.7 Å². The number of hydrogen-bond donors (Lipinski definition) is 1. The summed E-state index contributed by atoms with van der Waals surface area (Å²) in [6.45, 7) is 7.51. The number of rotatable bonds is 5. The van der Waals surface area contributed by atoms with E-state index >= 15 is 0 Å². The summed E-state index contributed by atoms with van der Waals surface area (Å²) in [5.41, 5.74) is 7.43. The van der Waals surface area contributed by atoms with Gasteiger partial charge in [0, 0.05) is 6.54 Å². The maximum Gasteiger partial charge on any atom is 0.118 e. The van der Waals surface area contributed by atoms with E-state index in [0.29, 0.717) is 24.0 Å². The summed E-state index contributed by atoms with van der Waals surface area (Å²) in [6.07, 6.45) is 3.81. The molecular formula is C18H29NO2. The summed E-state index contributed by atoms with van der Waals surface area (Å²) in [6, 6.07) is 8.03. The number of hydrogen-bond acceptors (Lipinski definition) is 3. The first kappa shape index (κ1) is 16.3. The van der Waals surface area contributed by atoms with Crippen molar-refractivity contribution in [1.82, 2.24) is 0 Å². The number of benzene rings is 1. The van der Waals surface area contributed by atoms with Gasteiger partial charge in [-0.1, -0.05) is 32.9 Å². The van der Waals surface area contributed by atoms with Gasteiger partial charge < -0.3 is 15.2 Å². The first-order chi connectivity index (χ1) is 9.93. The molecule has 118 valence electrons. The Morgan fingerprint density at radius 1 is 1.24 bits per heavy atom. The molecule has 0 spiro atoms. The van der Waals surface area contributed by atoms with Crippen LogP contribution in [0.1, 0.15) is 51.7 Å².